The molecule has 0 amide bonds. The molecule has 0 bridgehead atoms. The third-order valence-corrected chi connectivity index (χ3v) is 7.31. The third-order valence-electron chi connectivity index (χ3n) is 5.59. The number of carboxylic acids is 1. The fourth-order valence-electron chi connectivity index (χ4n) is 3.98. The molecule has 0 saturated carbocycles. The summed E-state index contributed by atoms with van der Waals surface area (Å²) in [4.78, 5) is 15.9. The van der Waals surface area contributed by atoms with E-state index in [0.29, 0.717) is 27.8 Å². The summed E-state index contributed by atoms with van der Waals surface area (Å²) in [5.74, 6) is -1.02. The van der Waals surface area contributed by atoms with Crippen molar-refractivity contribution in [2.75, 3.05) is 0 Å². The Morgan fingerprint density at radius 1 is 1.03 bits per heavy atom. The number of fused-ring (bicyclic) bond motifs is 2. The van der Waals surface area contributed by atoms with Crippen LogP contribution in [0.5, 0.6) is 0 Å². The molecule has 0 saturated heterocycles. The molecule has 160 valence electrons. The van der Waals surface area contributed by atoms with Crippen molar-refractivity contribution in [2.24, 2.45) is 7.05 Å². The molecule has 1 N–H and O–H groups in total. The highest BCUT2D eigenvalue weighted by molar-refractivity contribution is 7.90. The SMILES string of the molecule is Cc1ccc(S(=O)(=O)n2c(-c3cn(C)c4cc(C(=O)O)ccc34)cc3cccnc32)cc1. The smallest absolute Gasteiger partial charge is 0.335 e. The summed E-state index contributed by atoms with van der Waals surface area (Å²) in [5, 5.41) is 10.8. The lowest BCUT2D eigenvalue weighted by Gasteiger charge is -2.11. The van der Waals surface area contributed by atoms with E-state index in [1.165, 1.54) is 10.0 Å². The van der Waals surface area contributed by atoms with Crippen molar-refractivity contribution in [1.82, 2.24) is 13.5 Å². The highest BCUT2D eigenvalue weighted by Gasteiger charge is 2.26. The molecule has 7 nitrogen and oxygen atoms in total. The Bertz CT molecular complexity index is 1630. The zero-order valence-electron chi connectivity index (χ0n) is 17.4. The van der Waals surface area contributed by atoms with E-state index in [9.17, 15) is 18.3 Å². The number of rotatable bonds is 4. The van der Waals surface area contributed by atoms with Gasteiger partial charge in [0.05, 0.1) is 16.2 Å². The minimum Gasteiger partial charge on any atom is -0.478 e. The number of aromatic nitrogens is 3. The summed E-state index contributed by atoms with van der Waals surface area (Å²) in [6, 6.07) is 16.9. The number of carboxylic acid groups (broad SMARTS) is 1. The van der Waals surface area contributed by atoms with Gasteiger partial charge in [0.2, 0.25) is 0 Å². The van der Waals surface area contributed by atoms with Crippen LogP contribution in [0.25, 0.3) is 33.2 Å². The average molecular weight is 446 g/mol. The maximum absolute atomic E-state index is 13.7. The monoisotopic (exact) mass is 445 g/mol. The second kappa shape index (κ2) is 7.06. The number of hydrogen-bond acceptors (Lipinski definition) is 4. The van der Waals surface area contributed by atoms with Crippen molar-refractivity contribution >= 4 is 37.9 Å². The van der Waals surface area contributed by atoms with Gasteiger partial charge < -0.3 is 9.67 Å². The molecule has 3 aromatic heterocycles. The topological polar surface area (TPSA) is 94.2 Å². The fourth-order valence-corrected chi connectivity index (χ4v) is 5.46. The highest BCUT2D eigenvalue weighted by Crippen LogP contribution is 2.36. The second-order valence-electron chi connectivity index (χ2n) is 7.72. The van der Waals surface area contributed by atoms with Crippen LogP contribution in [0.3, 0.4) is 0 Å². The van der Waals surface area contributed by atoms with Crippen LogP contribution in [0.15, 0.2) is 78.0 Å². The van der Waals surface area contributed by atoms with Crippen LogP contribution < -0.4 is 0 Å². The van der Waals surface area contributed by atoms with Crippen molar-refractivity contribution in [2.45, 2.75) is 11.8 Å². The number of carbonyl (C=O) groups is 1. The fraction of sp³-hybridized carbons (Fsp3) is 0.0833. The van der Waals surface area contributed by atoms with E-state index < -0.39 is 16.0 Å². The minimum atomic E-state index is -3.95. The van der Waals surface area contributed by atoms with E-state index in [0.717, 1.165) is 10.9 Å². The predicted octanol–water partition coefficient (Wildman–Crippen LogP) is 4.44. The molecule has 0 atom stereocenters. The zero-order chi connectivity index (χ0) is 22.6. The lowest BCUT2D eigenvalue weighted by molar-refractivity contribution is 0.0697. The Morgan fingerprint density at radius 2 is 1.78 bits per heavy atom. The van der Waals surface area contributed by atoms with Gasteiger partial charge in [0, 0.05) is 41.3 Å². The Labute approximate surface area is 184 Å². The first-order chi connectivity index (χ1) is 15.3. The summed E-state index contributed by atoms with van der Waals surface area (Å²) in [6.45, 7) is 1.90. The molecule has 0 fully saturated rings. The zero-order valence-corrected chi connectivity index (χ0v) is 18.2. The third kappa shape index (κ3) is 2.99. The molecule has 0 spiro atoms. The first kappa shape index (κ1) is 20.0. The van der Waals surface area contributed by atoms with Gasteiger partial charge in [0.1, 0.15) is 0 Å². The molecule has 3 heterocycles. The van der Waals surface area contributed by atoms with Crippen molar-refractivity contribution in [3.05, 3.63) is 84.2 Å². The first-order valence-corrected chi connectivity index (χ1v) is 11.3. The van der Waals surface area contributed by atoms with Gasteiger partial charge in [0.15, 0.2) is 5.65 Å². The molecule has 0 aliphatic carbocycles. The number of benzene rings is 2. The molecular weight excluding hydrogens is 426 g/mol. The molecule has 0 aliphatic rings. The van der Waals surface area contributed by atoms with Crippen LogP contribution in [0.2, 0.25) is 0 Å². The minimum absolute atomic E-state index is 0.166. The first-order valence-electron chi connectivity index (χ1n) is 9.89. The maximum Gasteiger partial charge on any atom is 0.335 e. The molecule has 0 radical (unpaired) electrons. The van der Waals surface area contributed by atoms with E-state index >= 15 is 0 Å². The summed E-state index contributed by atoms with van der Waals surface area (Å²) in [6.07, 6.45) is 3.38. The van der Waals surface area contributed by atoms with Gasteiger partial charge in [-0.2, -0.15) is 0 Å². The second-order valence-corrected chi connectivity index (χ2v) is 9.51. The standard InChI is InChI=1S/C24H19N3O4S/c1-15-5-8-18(9-6-15)32(30,31)27-22(12-16-4-3-11-25-23(16)27)20-14-26(2)21-13-17(24(28)29)7-10-19(20)21/h3-14H,1-2H3,(H,28,29). The van der Waals surface area contributed by atoms with Crippen LogP contribution >= 0.6 is 0 Å². The number of aromatic carboxylic acids is 1. The van der Waals surface area contributed by atoms with E-state index in [1.54, 1.807) is 66.3 Å². The van der Waals surface area contributed by atoms with Gasteiger partial charge in [-0.25, -0.2) is 22.2 Å². The van der Waals surface area contributed by atoms with E-state index in [1.807, 2.05) is 19.2 Å². The molecule has 32 heavy (non-hydrogen) atoms. The van der Waals surface area contributed by atoms with Crippen LogP contribution in [0.1, 0.15) is 15.9 Å². The van der Waals surface area contributed by atoms with Gasteiger partial charge in [0.25, 0.3) is 10.0 Å². The van der Waals surface area contributed by atoms with Crippen LogP contribution in [-0.4, -0.2) is 33.0 Å². The largest absolute Gasteiger partial charge is 0.478 e. The average Bonchev–Trinajstić information content (AvgIpc) is 3.32. The van der Waals surface area contributed by atoms with Crippen LogP contribution in [0, 0.1) is 6.92 Å². The molecular formula is C24H19N3O4S. The quantitative estimate of drug-likeness (QED) is 0.441. The number of nitrogens with zero attached hydrogens (tertiary/aromatic N) is 3. The summed E-state index contributed by atoms with van der Waals surface area (Å²) in [7, 11) is -2.15. The predicted molar refractivity (Wildman–Crippen MR) is 122 cm³/mol. The molecule has 5 aromatic rings. The van der Waals surface area contributed by atoms with Crippen LogP contribution in [-0.2, 0) is 17.1 Å². The summed E-state index contributed by atoms with van der Waals surface area (Å²) in [5.41, 5.74) is 3.29. The van der Waals surface area contributed by atoms with Gasteiger partial charge in [-0.1, -0.05) is 23.8 Å². The van der Waals surface area contributed by atoms with Gasteiger partial charge in [-0.15, -0.1) is 0 Å². The number of pyridine rings is 1. The summed E-state index contributed by atoms with van der Waals surface area (Å²) < 4.78 is 30.5. The van der Waals surface area contributed by atoms with Gasteiger partial charge >= 0.3 is 5.97 Å². The Hall–Kier alpha value is -3.91. The van der Waals surface area contributed by atoms with Crippen molar-refractivity contribution in [1.29, 1.82) is 0 Å². The highest BCUT2D eigenvalue weighted by atomic mass is 32.2. The van der Waals surface area contributed by atoms with Gasteiger partial charge in [-0.3, -0.25) is 0 Å². The molecule has 2 aromatic carbocycles. The number of hydrogen-bond donors (Lipinski definition) is 1. The lowest BCUT2D eigenvalue weighted by atomic mass is 10.1. The van der Waals surface area contributed by atoms with Crippen molar-refractivity contribution in [3.8, 4) is 11.3 Å². The van der Waals surface area contributed by atoms with E-state index in [4.69, 9.17) is 0 Å². The molecule has 8 heteroatoms. The lowest BCUT2D eigenvalue weighted by Crippen LogP contribution is -2.14. The normalized spacial score (nSPS) is 11.9. The summed E-state index contributed by atoms with van der Waals surface area (Å²) >= 11 is 0. The Balaban J connectivity index is 1.84. The van der Waals surface area contributed by atoms with E-state index in [2.05, 4.69) is 4.98 Å². The van der Waals surface area contributed by atoms with Crippen molar-refractivity contribution < 1.29 is 18.3 Å². The molecule has 0 aliphatic heterocycles. The maximum atomic E-state index is 13.7. The molecule has 0 unspecified atom stereocenters. The van der Waals surface area contributed by atoms with E-state index in [-0.39, 0.29) is 10.5 Å². The molecule has 5 rings (SSSR count). The Morgan fingerprint density at radius 3 is 2.50 bits per heavy atom. The Kier molecular flexibility index (Phi) is 4.42. The van der Waals surface area contributed by atoms with Gasteiger partial charge in [-0.05, 0) is 49.4 Å². The van der Waals surface area contributed by atoms with Crippen LogP contribution in [0.4, 0.5) is 0 Å². The number of aryl methyl sites for hydroxylation is 2. The van der Waals surface area contributed by atoms with Crippen molar-refractivity contribution in [3.63, 3.8) is 0 Å².